The molecule has 127 heavy (non-hydrogen) atoms. The van der Waals surface area contributed by atoms with E-state index in [1.165, 1.54) is 179 Å². The molecule has 1 saturated heterocycles. The Kier molecular flexibility index (Phi) is 160. The number of carbonyl (C=O) groups is 1. The van der Waals surface area contributed by atoms with Gasteiger partial charge in [-0.25, -0.2) is 4.79 Å². The molecular formula is C112H248O15. The van der Waals surface area contributed by atoms with Gasteiger partial charge in [0, 0.05) is 34.5 Å². The van der Waals surface area contributed by atoms with Crippen LogP contribution in [0.1, 0.15) is 510 Å². The van der Waals surface area contributed by atoms with Crippen LogP contribution < -0.4 is 14.2 Å². The topological polar surface area (TPSA) is 157 Å². The Morgan fingerprint density at radius 1 is 0.244 bits per heavy atom. The van der Waals surface area contributed by atoms with Gasteiger partial charge in [-0.05, 0) is 68.3 Å². The molecule has 0 aliphatic carbocycles. The number of methoxy groups -OCH3 is 3. The summed E-state index contributed by atoms with van der Waals surface area (Å²) in [5, 5.41) is 9.65. The lowest BCUT2D eigenvalue weighted by Gasteiger charge is -2.23. The highest BCUT2D eigenvalue weighted by Gasteiger charge is 2.23. The van der Waals surface area contributed by atoms with Crippen LogP contribution in [-0.2, 0) is 47.4 Å². The van der Waals surface area contributed by atoms with Crippen LogP contribution >= 0.6 is 0 Å². The summed E-state index contributed by atoms with van der Waals surface area (Å²) in [5.41, 5.74) is 4.98. The first-order chi connectivity index (χ1) is 60.6. The van der Waals surface area contributed by atoms with E-state index in [1.54, 1.807) is 21.3 Å². The van der Waals surface area contributed by atoms with Gasteiger partial charge < -0.3 is 66.7 Å². The summed E-state index contributed by atoms with van der Waals surface area (Å²) in [5.74, 6) is -0.465. The maximum absolute atomic E-state index is 11.8. The van der Waals surface area contributed by atoms with E-state index >= 15 is 0 Å². The summed E-state index contributed by atoms with van der Waals surface area (Å²) in [6.07, 6.45) is 34.2. The molecule has 0 bridgehead atoms. The van der Waals surface area contributed by atoms with Gasteiger partial charge in [-0.1, -0.05) is 486 Å². The molecule has 1 aliphatic heterocycles. The van der Waals surface area contributed by atoms with Crippen molar-refractivity contribution in [2.24, 2.45) is 43.3 Å². The molecule has 0 amide bonds. The largest absolute Gasteiger partial charge is 0.487 e. The third kappa shape index (κ3) is 112. The summed E-state index contributed by atoms with van der Waals surface area (Å²) < 4.78 is 70.1. The Morgan fingerprint density at radius 3 is 0.488 bits per heavy atom. The van der Waals surface area contributed by atoms with Gasteiger partial charge in [0.05, 0.1) is 105 Å². The first-order valence-electron chi connectivity index (χ1n) is 53.4. The van der Waals surface area contributed by atoms with Gasteiger partial charge in [0.25, 0.3) is 0 Å². The highest BCUT2D eigenvalue weighted by atomic mass is 16.6. The molecule has 0 unspecified atom stereocenters. The van der Waals surface area contributed by atoms with Crippen molar-refractivity contribution in [2.45, 2.75) is 499 Å². The molecule has 2 rings (SSSR count). The van der Waals surface area contributed by atoms with Gasteiger partial charge in [0.2, 0.25) is 5.75 Å². The molecule has 15 heteroatoms. The lowest BCUT2D eigenvalue weighted by Crippen LogP contribution is -2.16. The molecule has 1 aromatic rings. The smallest absolute Gasteiger partial charge is 0.335 e. The van der Waals surface area contributed by atoms with Crippen LogP contribution in [0.15, 0.2) is 12.1 Å². The van der Waals surface area contributed by atoms with Gasteiger partial charge in [-0.3, -0.25) is 0 Å². The van der Waals surface area contributed by atoms with Crippen LogP contribution in [0.5, 0.6) is 17.2 Å². The zero-order valence-corrected chi connectivity index (χ0v) is 97.3. The molecule has 1 aromatic carbocycles. The molecule has 1 heterocycles. The lowest BCUT2D eigenvalue weighted by atomic mass is 9.82. The van der Waals surface area contributed by atoms with Crippen LogP contribution in [0.3, 0.4) is 0 Å². The molecule has 1 fully saturated rings. The van der Waals surface area contributed by atoms with E-state index < -0.39 is 5.97 Å². The maximum atomic E-state index is 11.8. The predicted octanol–water partition coefficient (Wildman–Crippen LogP) is 36.3. The van der Waals surface area contributed by atoms with Crippen LogP contribution in [0.2, 0.25) is 0 Å². The molecule has 0 atom stereocenters. The Morgan fingerprint density at radius 2 is 0.378 bits per heavy atom. The standard InChI is InChI=1S/C28H48O14.8C8H18.C4H8O.8C2H6/c1-31-4-7-34-10-13-37-16-19-40-25-22-24(28(29)30)23-26(41-20-17-38-14-11-35-8-5-32-2)27(25)42-21-18-39-15-12-36-9-6-33-3;8*1-5-8(4,6-2)7-3;1-2-4-5-3-1;8*1-2/h22-23H,4-21H2,1-3H3,(H,29,30);8*5-7H2,1-4H3;1-4H2;8*1-2H3. The molecule has 15 nitrogen and oxygen atoms in total. The quantitative estimate of drug-likeness (QED) is 0.0614. The molecular weight excluding hydrogens is 1590 g/mol. The first kappa shape index (κ1) is 161. The summed E-state index contributed by atoms with van der Waals surface area (Å²) in [4.78, 5) is 11.8. The van der Waals surface area contributed by atoms with E-state index in [-0.39, 0.29) is 62.5 Å². The number of carboxylic acids is 1. The summed E-state index contributed by atoms with van der Waals surface area (Å²) in [6.45, 7) is 114. The molecule has 0 spiro atoms. The fourth-order valence-corrected chi connectivity index (χ4v) is 9.58. The minimum absolute atomic E-state index is 0.0169. The molecule has 0 aromatic heterocycles. The third-order valence-electron chi connectivity index (χ3n) is 26.4. The SMILES string of the molecule is C1CCOC1.CC.CC.CC.CC.CC.CC.CC.CC.CCC(C)(CC)CC.CCC(C)(CC)CC.CCC(C)(CC)CC.CCC(C)(CC)CC.CCC(C)(CC)CC.CCC(C)(CC)CC.CCC(C)(CC)CC.CCC(C)(CC)CC.COCCOCCOCCOc1cc(C(=O)O)cc(OCCOCCOCCOC)c1OCCOCCOCCOC. The van der Waals surface area contributed by atoms with Crippen molar-refractivity contribution in [1.82, 2.24) is 0 Å². The van der Waals surface area contributed by atoms with Crippen molar-refractivity contribution in [3.8, 4) is 17.2 Å². The van der Waals surface area contributed by atoms with E-state index in [4.69, 9.17) is 61.6 Å². The van der Waals surface area contributed by atoms with Crippen LogP contribution in [0.25, 0.3) is 0 Å². The number of rotatable bonds is 55. The Hall–Kier alpha value is -2.31. The number of ether oxygens (including phenoxy) is 13. The summed E-state index contributed by atoms with van der Waals surface area (Å²) in [6, 6.07) is 2.77. The van der Waals surface area contributed by atoms with Crippen molar-refractivity contribution in [3.63, 3.8) is 0 Å². The molecule has 786 valence electrons. The van der Waals surface area contributed by atoms with Crippen molar-refractivity contribution < 1.29 is 71.5 Å². The second-order valence-corrected chi connectivity index (χ2v) is 32.6. The number of hydrogen-bond acceptors (Lipinski definition) is 14. The maximum Gasteiger partial charge on any atom is 0.335 e. The van der Waals surface area contributed by atoms with E-state index in [0.717, 1.165) is 13.2 Å². The number of benzene rings is 1. The Bertz CT molecular complexity index is 1670. The molecule has 0 radical (unpaired) electrons. The van der Waals surface area contributed by atoms with E-state index in [9.17, 15) is 9.90 Å². The predicted molar refractivity (Wildman–Crippen MR) is 573 cm³/mol. The summed E-state index contributed by atoms with van der Waals surface area (Å²) in [7, 11) is 4.82. The molecule has 1 aliphatic rings. The van der Waals surface area contributed by atoms with Crippen LogP contribution in [-0.4, -0.2) is 165 Å². The van der Waals surface area contributed by atoms with Crippen molar-refractivity contribution >= 4 is 5.97 Å². The van der Waals surface area contributed by atoms with Gasteiger partial charge in [-0.15, -0.1) is 0 Å². The minimum atomic E-state index is -1.14. The summed E-state index contributed by atoms with van der Waals surface area (Å²) >= 11 is 0. The van der Waals surface area contributed by atoms with Crippen molar-refractivity contribution in [2.75, 3.05) is 153 Å². The zero-order chi connectivity index (χ0) is 103. The average molecular weight is 1840 g/mol. The Balaban J connectivity index is -0.0000000848. The molecule has 1 N–H and O–H groups in total. The third-order valence-corrected chi connectivity index (χ3v) is 26.4. The van der Waals surface area contributed by atoms with Crippen LogP contribution in [0.4, 0.5) is 0 Å². The highest BCUT2D eigenvalue weighted by Crippen LogP contribution is 2.40. The van der Waals surface area contributed by atoms with E-state index in [0.29, 0.717) is 123 Å². The van der Waals surface area contributed by atoms with Gasteiger partial charge in [0.15, 0.2) is 11.5 Å². The highest BCUT2D eigenvalue weighted by molar-refractivity contribution is 5.89. The van der Waals surface area contributed by atoms with Crippen LogP contribution in [0, 0.1) is 43.3 Å². The second kappa shape index (κ2) is 126. The zero-order valence-electron chi connectivity index (χ0n) is 97.3. The van der Waals surface area contributed by atoms with Gasteiger partial charge in [-0.2, -0.15) is 0 Å². The molecule has 0 saturated carbocycles. The Labute approximate surface area is 804 Å². The fourth-order valence-electron chi connectivity index (χ4n) is 9.58. The van der Waals surface area contributed by atoms with E-state index in [1.807, 2.05) is 111 Å². The van der Waals surface area contributed by atoms with Gasteiger partial charge >= 0.3 is 5.97 Å². The van der Waals surface area contributed by atoms with Gasteiger partial charge in [0.1, 0.15) is 19.8 Å². The number of hydrogen-bond donors (Lipinski definition) is 1. The average Bonchev–Trinajstić information content (AvgIpc) is 1.09. The first-order valence-corrected chi connectivity index (χ1v) is 53.4. The monoisotopic (exact) mass is 1830 g/mol. The van der Waals surface area contributed by atoms with E-state index in [2.05, 4.69) is 222 Å². The second-order valence-electron chi connectivity index (χ2n) is 32.6. The number of aromatic carboxylic acids is 1. The fraction of sp³-hybridized carbons (Fsp3) is 0.938. The normalized spacial score (nSPS) is 11.0. The lowest BCUT2D eigenvalue weighted by molar-refractivity contribution is 0.0146. The minimum Gasteiger partial charge on any atom is -0.487 e. The van der Waals surface area contributed by atoms with Crippen molar-refractivity contribution in [1.29, 1.82) is 0 Å². The number of carboxylic acid groups (broad SMARTS) is 1. The van der Waals surface area contributed by atoms with Crippen molar-refractivity contribution in [3.05, 3.63) is 17.7 Å².